The van der Waals surface area contributed by atoms with Gasteiger partial charge in [0, 0.05) is 6.42 Å². The van der Waals surface area contributed by atoms with Crippen molar-refractivity contribution >= 4 is 5.78 Å². The Hall–Kier alpha value is -1.37. The highest BCUT2D eigenvalue weighted by molar-refractivity contribution is 5.95. The van der Waals surface area contributed by atoms with E-state index in [0.717, 1.165) is 12.0 Å². The summed E-state index contributed by atoms with van der Waals surface area (Å²) in [6.07, 6.45) is 14.0. The summed E-state index contributed by atoms with van der Waals surface area (Å²) in [5.41, 5.74) is 2.22. The largest absolute Gasteiger partial charge is 0.294 e. The lowest BCUT2D eigenvalue weighted by Crippen LogP contribution is -2.15. The van der Waals surface area contributed by atoms with Crippen LogP contribution >= 0.6 is 0 Å². The molecule has 1 radical (unpaired) electrons. The van der Waals surface area contributed by atoms with Gasteiger partial charge in [0.15, 0.2) is 5.78 Å². The molecule has 1 nitrogen and oxygen atoms in total. The van der Waals surface area contributed by atoms with Gasteiger partial charge in [-0.05, 0) is 24.5 Å². The van der Waals surface area contributed by atoms with Crippen LogP contribution in [0.2, 0.25) is 0 Å². The highest BCUT2D eigenvalue weighted by atomic mass is 16.1. The van der Waals surface area contributed by atoms with Gasteiger partial charge in [0.05, 0.1) is 5.92 Å². The molecule has 0 heterocycles. The zero-order valence-corrected chi connectivity index (χ0v) is 10.6. The summed E-state index contributed by atoms with van der Waals surface area (Å²) in [6.45, 7) is 9.50. The third-order valence-corrected chi connectivity index (χ3v) is 3.04. The Morgan fingerprint density at radius 2 is 2.18 bits per heavy atom. The fourth-order valence-corrected chi connectivity index (χ4v) is 1.99. The number of carbonyl (C=O) groups excluding carboxylic acids is 1. The summed E-state index contributed by atoms with van der Waals surface area (Å²) >= 11 is 0. The minimum atomic E-state index is -0.174. The van der Waals surface area contributed by atoms with Crippen LogP contribution in [0, 0.1) is 12.3 Å². The molecule has 1 atom stereocenters. The molecule has 91 valence electrons. The number of hydrogen-bond donors (Lipinski definition) is 0. The topological polar surface area (TPSA) is 17.1 Å². The van der Waals surface area contributed by atoms with E-state index in [1.165, 1.54) is 30.9 Å². The first-order valence-corrected chi connectivity index (χ1v) is 6.27. The molecule has 0 N–H and O–H groups in total. The average molecular weight is 229 g/mol. The van der Waals surface area contributed by atoms with Gasteiger partial charge in [-0.25, -0.2) is 0 Å². The summed E-state index contributed by atoms with van der Waals surface area (Å²) in [4.78, 5) is 11.7. The van der Waals surface area contributed by atoms with Gasteiger partial charge in [-0.3, -0.25) is 4.79 Å². The fraction of sp³-hybridized carbons (Fsp3) is 0.375. The third kappa shape index (κ3) is 3.85. The normalized spacial score (nSPS) is 19.2. The molecular weight excluding hydrogens is 208 g/mol. The van der Waals surface area contributed by atoms with Gasteiger partial charge in [-0.2, -0.15) is 0 Å². The van der Waals surface area contributed by atoms with E-state index in [1.807, 2.05) is 6.08 Å². The van der Waals surface area contributed by atoms with Crippen LogP contribution in [0.15, 0.2) is 48.6 Å². The molecule has 0 amide bonds. The predicted molar refractivity (Wildman–Crippen MR) is 73.5 cm³/mol. The summed E-state index contributed by atoms with van der Waals surface area (Å²) in [5, 5.41) is 0. The van der Waals surface area contributed by atoms with E-state index >= 15 is 0 Å². The zero-order chi connectivity index (χ0) is 12.7. The Balaban J connectivity index is 2.70. The van der Waals surface area contributed by atoms with Gasteiger partial charge in [-0.1, -0.05) is 56.7 Å². The van der Waals surface area contributed by atoms with E-state index < -0.39 is 0 Å². The molecule has 17 heavy (non-hydrogen) atoms. The SMILES string of the molecule is C=CC(=O)C1C=C(CCCCC)[CH]C=C1C=C. The molecule has 0 aromatic heterocycles. The standard InChI is InChI=1S/C16H21O/c1-4-7-8-9-13-10-11-14(5-2)15(12-13)16(17)6-3/h5-6,10-12,15H,2-4,7-9H2,1H3. The molecule has 1 unspecified atom stereocenters. The Labute approximate surface area is 105 Å². The first-order valence-electron chi connectivity index (χ1n) is 6.27. The molecule has 0 spiro atoms. The maximum Gasteiger partial charge on any atom is 0.166 e. The lowest BCUT2D eigenvalue weighted by Gasteiger charge is -2.19. The maximum absolute atomic E-state index is 11.7. The zero-order valence-electron chi connectivity index (χ0n) is 10.6. The lowest BCUT2D eigenvalue weighted by molar-refractivity contribution is -0.116. The summed E-state index contributed by atoms with van der Waals surface area (Å²) in [5.74, 6) is -0.121. The van der Waals surface area contributed by atoms with Gasteiger partial charge in [0.2, 0.25) is 0 Å². The van der Waals surface area contributed by atoms with E-state index in [0.29, 0.717) is 0 Å². The number of carbonyl (C=O) groups is 1. The quantitative estimate of drug-likeness (QED) is 0.472. The Bertz CT molecular complexity index is 358. The van der Waals surface area contributed by atoms with Gasteiger partial charge in [0.1, 0.15) is 0 Å². The molecule has 1 heteroatoms. The average Bonchev–Trinajstić information content (AvgIpc) is 2.38. The molecule has 1 aliphatic rings. The van der Waals surface area contributed by atoms with Crippen molar-refractivity contribution in [2.45, 2.75) is 32.6 Å². The number of ketones is 1. The Morgan fingerprint density at radius 3 is 2.76 bits per heavy atom. The van der Waals surface area contributed by atoms with Crippen LogP contribution in [-0.2, 0) is 4.79 Å². The first kappa shape index (κ1) is 13.7. The second-order valence-corrected chi connectivity index (χ2v) is 4.32. The van der Waals surface area contributed by atoms with Crippen LogP contribution in [0.3, 0.4) is 0 Å². The lowest BCUT2D eigenvalue weighted by atomic mass is 9.85. The Morgan fingerprint density at radius 1 is 1.41 bits per heavy atom. The molecule has 0 aliphatic heterocycles. The summed E-state index contributed by atoms with van der Waals surface area (Å²) < 4.78 is 0. The molecular formula is C16H21O. The molecule has 1 rings (SSSR count). The monoisotopic (exact) mass is 229 g/mol. The smallest absolute Gasteiger partial charge is 0.166 e. The number of rotatable bonds is 7. The molecule has 0 fully saturated rings. The van der Waals surface area contributed by atoms with Crippen molar-refractivity contribution in [3.05, 3.63) is 55.0 Å². The van der Waals surface area contributed by atoms with Crippen LogP contribution in [0.1, 0.15) is 32.6 Å². The van der Waals surface area contributed by atoms with Crippen molar-refractivity contribution < 1.29 is 4.79 Å². The van der Waals surface area contributed by atoms with Crippen molar-refractivity contribution in [3.63, 3.8) is 0 Å². The van der Waals surface area contributed by atoms with Crippen molar-refractivity contribution in [2.75, 3.05) is 0 Å². The highest BCUT2D eigenvalue weighted by Gasteiger charge is 2.20. The van der Waals surface area contributed by atoms with Crippen LogP contribution in [0.5, 0.6) is 0 Å². The summed E-state index contributed by atoms with van der Waals surface area (Å²) in [6, 6.07) is 0. The Kier molecular flexibility index (Phi) is 5.68. The minimum Gasteiger partial charge on any atom is -0.294 e. The van der Waals surface area contributed by atoms with Crippen LogP contribution in [-0.4, -0.2) is 5.78 Å². The molecule has 0 saturated heterocycles. The van der Waals surface area contributed by atoms with Crippen LogP contribution in [0.4, 0.5) is 0 Å². The molecule has 0 saturated carbocycles. The first-order chi connectivity index (χ1) is 8.22. The highest BCUT2D eigenvalue weighted by Crippen LogP contribution is 2.27. The van der Waals surface area contributed by atoms with E-state index in [2.05, 4.69) is 32.6 Å². The van der Waals surface area contributed by atoms with Crippen LogP contribution < -0.4 is 0 Å². The minimum absolute atomic E-state index is 0.0530. The van der Waals surface area contributed by atoms with Crippen molar-refractivity contribution in [2.24, 2.45) is 5.92 Å². The van der Waals surface area contributed by atoms with Gasteiger partial charge in [0.25, 0.3) is 0 Å². The van der Waals surface area contributed by atoms with Gasteiger partial charge in [-0.15, -0.1) is 0 Å². The van der Waals surface area contributed by atoms with E-state index in [-0.39, 0.29) is 11.7 Å². The molecule has 1 aliphatic carbocycles. The van der Waals surface area contributed by atoms with Crippen molar-refractivity contribution in [3.8, 4) is 0 Å². The second kappa shape index (κ2) is 7.05. The summed E-state index contributed by atoms with van der Waals surface area (Å²) in [7, 11) is 0. The van der Waals surface area contributed by atoms with Crippen LogP contribution in [0.25, 0.3) is 0 Å². The molecule has 0 bridgehead atoms. The fourth-order valence-electron chi connectivity index (χ4n) is 1.99. The van der Waals surface area contributed by atoms with E-state index in [9.17, 15) is 4.79 Å². The van der Waals surface area contributed by atoms with E-state index in [1.54, 1.807) is 6.08 Å². The van der Waals surface area contributed by atoms with Crippen molar-refractivity contribution in [1.82, 2.24) is 0 Å². The second-order valence-electron chi connectivity index (χ2n) is 4.32. The number of hydrogen-bond acceptors (Lipinski definition) is 1. The predicted octanol–water partition coefficient (Wildman–Crippen LogP) is 4.19. The molecule has 0 aromatic carbocycles. The van der Waals surface area contributed by atoms with Gasteiger partial charge >= 0.3 is 0 Å². The maximum atomic E-state index is 11.7. The van der Waals surface area contributed by atoms with Gasteiger partial charge < -0.3 is 0 Å². The van der Waals surface area contributed by atoms with Crippen molar-refractivity contribution in [1.29, 1.82) is 0 Å². The van der Waals surface area contributed by atoms with E-state index in [4.69, 9.17) is 0 Å². The third-order valence-electron chi connectivity index (χ3n) is 3.04. The molecule has 0 aromatic rings. The number of allylic oxidation sites excluding steroid dienone is 6. The number of unbranched alkanes of at least 4 members (excludes halogenated alkanes) is 2.